The van der Waals surface area contributed by atoms with Gasteiger partial charge in [0.1, 0.15) is 17.0 Å². The maximum absolute atomic E-state index is 13.3. The molecule has 9 nitrogen and oxygen atoms in total. The van der Waals surface area contributed by atoms with Crippen molar-refractivity contribution in [3.05, 3.63) is 94.8 Å². The zero-order valence-electron chi connectivity index (χ0n) is 24.2. The SMILES string of the molecule is Cn1c(-c2nc(N)ncc2C#Cc2cccc(OCCc3ccccc3)c2)cc2c1CCN(C(=O)OC(C)(C)C)C2=O. The first-order valence-corrected chi connectivity index (χ1v) is 13.7. The molecule has 0 spiro atoms. The van der Waals surface area contributed by atoms with Crippen molar-refractivity contribution in [2.45, 2.75) is 39.2 Å². The molecule has 1 aliphatic rings. The molecule has 1 aliphatic heterocycles. The summed E-state index contributed by atoms with van der Waals surface area (Å²) in [7, 11) is 1.86. The predicted molar refractivity (Wildman–Crippen MR) is 160 cm³/mol. The second-order valence-electron chi connectivity index (χ2n) is 11.0. The van der Waals surface area contributed by atoms with Crippen LogP contribution in [-0.2, 0) is 24.6 Å². The van der Waals surface area contributed by atoms with Gasteiger partial charge in [0.25, 0.3) is 5.91 Å². The van der Waals surface area contributed by atoms with E-state index in [-0.39, 0.29) is 12.5 Å². The van der Waals surface area contributed by atoms with E-state index in [0.717, 1.165) is 28.3 Å². The molecule has 0 unspecified atom stereocenters. The number of aromatic nitrogens is 3. The third-order valence-electron chi connectivity index (χ3n) is 6.75. The number of imide groups is 1. The summed E-state index contributed by atoms with van der Waals surface area (Å²) in [5.74, 6) is 6.75. The van der Waals surface area contributed by atoms with Crippen molar-refractivity contribution in [1.29, 1.82) is 0 Å². The van der Waals surface area contributed by atoms with Gasteiger partial charge in [-0.25, -0.2) is 19.7 Å². The molecule has 0 radical (unpaired) electrons. The Morgan fingerprint density at radius 1 is 1.07 bits per heavy atom. The fourth-order valence-electron chi connectivity index (χ4n) is 4.73. The summed E-state index contributed by atoms with van der Waals surface area (Å²) >= 11 is 0. The molecule has 2 aromatic heterocycles. The molecule has 0 atom stereocenters. The van der Waals surface area contributed by atoms with Crippen LogP contribution in [0.5, 0.6) is 5.75 Å². The summed E-state index contributed by atoms with van der Waals surface area (Å²) in [4.78, 5) is 35.7. The summed E-state index contributed by atoms with van der Waals surface area (Å²) in [5, 5.41) is 0. The van der Waals surface area contributed by atoms with Gasteiger partial charge in [0.2, 0.25) is 5.95 Å². The minimum atomic E-state index is -0.709. The Hall–Kier alpha value is -5.10. The van der Waals surface area contributed by atoms with Gasteiger partial charge in [-0.1, -0.05) is 48.2 Å². The summed E-state index contributed by atoms with van der Waals surface area (Å²) in [6.45, 7) is 6.08. The number of nitrogens with zero attached hydrogens (tertiary/aromatic N) is 4. The van der Waals surface area contributed by atoms with Gasteiger partial charge in [0, 0.05) is 43.9 Å². The highest BCUT2D eigenvalue weighted by Crippen LogP contribution is 2.30. The van der Waals surface area contributed by atoms with E-state index in [1.807, 2.05) is 54.1 Å². The number of anilines is 1. The Labute approximate surface area is 245 Å². The molecule has 214 valence electrons. The molecule has 0 saturated carbocycles. The van der Waals surface area contributed by atoms with Crippen LogP contribution in [0.25, 0.3) is 11.4 Å². The van der Waals surface area contributed by atoms with Crippen LogP contribution in [0.3, 0.4) is 0 Å². The van der Waals surface area contributed by atoms with Gasteiger partial charge in [-0.3, -0.25) is 4.79 Å². The van der Waals surface area contributed by atoms with Gasteiger partial charge in [0.05, 0.1) is 23.4 Å². The number of hydrogen-bond acceptors (Lipinski definition) is 7. The number of nitrogen functional groups attached to an aromatic ring is 1. The van der Waals surface area contributed by atoms with Gasteiger partial charge >= 0.3 is 6.09 Å². The minimum Gasteiger partial charge on any atom is -0.493 e. The second kappa shape index (κ2) is 11.8. The van der Waals surface area contributed by atoms with Crippen LogP contribution in [0.15, 0.2) is 66.9 Å². The first-order valence-electron chi connectivity index (χ1n) is 13.7. The quantitative estimate of drug-likeness (QED) is 0.339. The normalized spacial score (nSPS) is 12.8. The standard InChI is InChI=1S/C33H33N5O4/c1-33(2,3)42-32(40)38-17-15-27-26(30(38)39)20-28(37(27)4)29-24(21-35-31(34)36-29)14-13-23-11-8-12-25(19-23)41-18-16-22-9-6-5-7-10-22/h5-12,19-21H,15-18H2,1-4H3,(H2,34,35,36). The Bertz CT molecular complexity index is 1690. The van der Waals surface area contributed by atoms with Crippen LogP contribution >= 0.6 is 0 Å². The molecular formula is C33H33N5O4. The molecule has 0 bridgehead atoms. The van der Waals surface area contributed by atoms with E-state index < -0.39 is 17.6 Å². The van der Waals surface area contributed by atoms with Gasteiger partial charge < -0.3 is 19.8 Å². The van der Waals surface area contributed by atoms with Gasteiger partial charge in [-0.2, -0.15) is 0 Å². The molecule has 0 aliphatic carbocycles. The molecule has 3 heterocycles. The maximum atomic E-state index is 13.3. The topological polar surface area (TPSA) is 113 Å². The first-order chi connectivity index (χ1) is 20.1. The van der Waals surface area contributed by atoms with Crippen LogP contribution in [0.4, 0.5) is 10.7 Å². The third kappa shape index (κ3) is 6.44. The van der Waals surface area contributed by atoms with E-state index in [0.29, 0.717) is 35.5 Å². The summed E-state index contributed by atoms with van der Waals surface area (Å²) in [6, 6.07) is 19.5. The highest BCUT2D eigenvalue weighted by molar-refractivity contribution is 6.05. The lowest BCUT2D eigenvalue weighted by molar-refractivity contribution is 0.0232. The fourth-order valence-corrected chi connectivity index (χ4v) is 4.73. The van der Waals surface area contributed by atoms with Crippen molar-refractivity contribution < 1.29 is 19.1 Å². The van der Waals surface area contributed by atoms with Crippen molar-refractivity contribution >= 4 is 17.9 Å². The fraction of sp³-hybridized carbons (Fsp3) is 0.273. The second-order valence-corrected chi connectivity index (χ2v) is 11.0. The van der Waals surface area contributed by atoms with E-state index in [1.165, 1.54) is 5.56 Å². The molecule has 2 N–H and O–H groups in total. The van der Waals surface area contributed by atoms with Gasteiger partial charge in [-0.05, 0) is 50.6 Å². The molecule has 5 rings (SSSR count). The van der Waals surface area contributed by atoms with E-state index in [1.54, 1.807) is 33.0 Å². The first kappa shape index (κ1) is 28.4. The minimum absolute atomic E-state index is 0.0882. The van der Waals surface area contributed by atoms with Crippen LogP contribution in [0.2, 0.25) is 0 Å². The molecule has 0 saturated heterocycles. The van der Waals surface area contributed by atoms with Crippen LogP contribution in [-0.4, -0.2) is 50.2 Å². The maximum Gasteiger partial charge on any atom is 0.417 e. The Balaban J connectivity index is 1.38. The van der Waals surface area contributed by atoms with Gasteiger partial charge in [0.15, 0.2) is 0 Å². The van der Waals surface area contributed by atoms with Crippen molar-refractivity contribution in [3.8, 4) is 29.0 Å². The molecule has 2 amide bonds. The van der Waals surface area contributed by atoms with E-state index >= 15 is 0 Å². The van der Waals surface area contributed by atoms with Crippen molar-refractivity contribution in [3.63, 3.8) is 0 Å². The van der Waals surface area contributed by atoms with Crippen LogP contribution in [0, 0.1) is 11.8 Å². The number of rotatable bonds is 5. The number of fused-ring (bicyclic) bond motifs is 1. The molecule has 0 fully saturated rings. The average Bonchev–Trinajstić information content (AvgIpc) is 3.29. The molecule has 2 aromatic carbocycles. The number of carbonyl (C=O) groups is 2. The van der Waals surface area contributed by atoms with Crippen LogP contribution < -0.4 is 10.5 Å². The van der Waals surface area contributed by atoms with Crippen LogP contribution in [0.1, 0.15) is 53.5 Å². The lowest BCUT2D eigenvalue weighted by atomic mass is 10.1. The lowest BCUT2D eigenvalue weighted by Gasteiger charge is -2.28. The largest absolute Gasteiger partial charge is 0.493 e. The zero-order valence-corrected chi connectivity index (χ0v) is 24.2. The number of hydrogen-bond donors (Lipinski definition) is 1. The number of nitrogens with two attached hydrogens (primary N) is 1. The summed E-state index contributed by atoms with van der Waals surface area (Å²) < 4.78 is 13.3. The molecular weight excluding hydrogens is 530 g/mol. The number of carbonyl (C=O) groups excluding carboxylic acids is 2. The Morgan fingerprint density at radius 2 is 1.86 bits per heavy atom. The van der Waals surface area contributed by atoms with Crippen molar-refractivity contribution in [1.82, 2.24) is 19.4 Å². The molecule has 4 aromatic rings. The Kier molecular flexibility index (Phi) is 7.98. The van der Waals surface area contributed by atoms with E-state index in [4.69, 9.17) is 15.2 Å². The highest BCUT2D eigenvalue weighted by atomic mass is 16.6. The highest BCUT2D eigenvalue weighted by Gasteiger charge is 2.35. The smallest absolute Gasteiger partial charge is 0.417 e. The average molecular weight is 564 g/mol. The van der Waals surface area contributed by atoms with E-state index in [9.17, 15) is 9.59 Å². The zero-order chi connectivity index (χ0) is 29.9. The number of amides is 2. The predicted octanol–water partition coefficient (Wildman–Crippen LogP) is 5.02. The molecule has 42 heavy (non-hydrogen) atoms. The summed E-state index contributed by atoms with van der Waals surface area (Å²) in [5.41, 5.74) is 10.2. The van der Waals surface area contributed by atoms with Crippen molar-refractivity contribution in [2.75, 3.05) is 18.9 Å². The lowest BCUT2D eigenvalue weighted by Crippen LogP contribution is -2.44. The monoisotopic (exact) mass is 563 g/mol. The summed E-state index contributed by atoms with van der Waals surface area (Å²) in [6.07, 6.45) is 2.20. The van der Waals surface area contributed by atoms with Gasteiger partial charge in [-0.15, -0.1) is 0 Å². The van der Waals surface area contributed by atoms with E-state index in [2.05, 4.69) is 33.9 Å². The number of benzene rings is 2. The third-order valence-corrected chi connectivity index (χ3v) is 6.75. The Morgan fingerprint density at radius 3 is 2.62 bits per heavy atom. The molecule has 9 heteroatoms. The van der Waals surface area contributed by atoms with Crippen molar-refractivity contribution in [2.24, 2.45) is 7.05 Å². The number of ether oxygens (including phenoxy) is 2.